The molecule has 0 aliphatic rings. The molecule has 1 N–H and O–H groups in total. The molecule has 3 rings (SSSR count). The van der Waals surface area contributed by atoms with E-state index in [1.807, 2.05) is 54.6 Å². The summed E-state index contributed by atoms with van der Waals surface area (Å²) in [7, 11) is 0. The van der Waals surface area contributed by atoms with E-state index in [4.69, 9.17) is 16.0 Å². The molecule has 0 saturated heterocycles. The summed E-state index contributed by atoms with van der Waals surface area (Å²) in [5.74, 6) is 0.577. The van der Waals surface area contributed by atoms with Crippen LogP contribution in [0.1, 0.15) is 18.2 Å². The molecule has 3 aromatic rings. The van der Waals surface area contributed by atoms with E-state index in [2.05, 4.69) is 0 Å². The fourth-order valence-electron chi connectivity index (χ4n) is 2.33. The Morgan fingerprint density at radius 3 is 2.50 bits per heavy atom. The first-order valence-corrected chi connectivity index (χ1v) is 6.88. The molecule has 102 valence electrons. The van der Waals surface area contributed by atoms with Crippen LogP contribution in [0.15, 0.2) is 59.0 Å². The van der Waals surface area contributed by atoms with Crippen LogP contribution in [0.3, 0.4) is 0 Å². The topological polar surface area (TPSA) is 33.4 Å². The van der Waals surface area contributed by atoms with E-state index in [-0.39, 0.29) is 0 Å². The summed E-state index contributed by atoms with van der Waals surface area (Å²) in [6.45, 7) is 1.76. The van der Waals surface area contributed by atoms with Crippen molar-refractivity contribution in [3.05, 3.63) is 70.9 Å². The van der Waals surface area contributed by atoms with Gasteiger partial charge in [0.2, 0.25) is 0 Å². The van der Waals surface area contributed by atoms with Gasteiger partial charge in [0.05, 0.1) is 0 Å². The van der Waals surface area contributed by atoms with E-state index in [1.54, 1.807) is 6.92 Å². The van der Waals surface area contributed by atoms with Crippen molar-refractivity contribution in [1.29, 1.82) is 0 Å². The Kier molecular flexibility index (Phi) is 3.28. The molecule has 3 heteroatoms. The van der Waals surface area contributed by atoms with Crippen LogP contribution in [0.5, 0.6) is 0 Å². The van der Waals surface area contributed by atoms with Crippen LogP contribution in [0.2, 0.25) is 5.02 Å². The molecule has 0 bridgehead atoms. The Bertz CT molecular complexity index is 693. The lowest BCUT2D eigenvalue weighted by Crippen LogP contribution is -2.23. The molecule has 1 aromatic heterocycles. The third-order valence-electron chi connectivity index (χ3n) is 3.42. The van der Waals surface area contributed by atoms with Gasteiger partial charge in [-0.05, 0) is 36.8 Å². The first kappa shape index (κ1) is 13.2. The van der Waals surface area contributed by atoms with E-state index in [9.17, 15) is 5.11 Å². The first-order chi connectivity index (χ1) is 9.54. The standard InChI is InChI=1S/C17H15ClO2/c1-17(19,11-12-6-8-14(18)9-7-12)16-10-13-4-2-3-5-15(13)20-16/h2-10,19H,11H2,1H3. The Morgan fingerprint density at radius 2 is 1.80 bits per heavy atom. The zero-order chi connectivity index (χ0) is 14.2. The Morgan fingerprint density at radius 1 is 1.10 bits per heavy atom. The van der Waals surface area contributed by atoms with Crippen LogP contribution in [-0.2, 0) is 12.0 Å². The second-order valence-corrected chi connectivity index (χ2v) is 5.66. The molecule has 1 unspecified atom stereocenters. The average molecular weight is 287 g/mol. The lowest BCUT2D eigenvalue weighted by Gasteiger charge is -2.20. The van der Waals surface area contributed by atoms with Crippen LogP contribution >= 0.6 is 11.6 Å². The Labute approximate surface area is 122 Å². The minimum Gasteiger partial charge on any atom is -0.458 e. The van der Waals surface area contributed by atoms with Crippen molar-refractivity contribution < 1.29 is 9.52 Å². The smallest absolute Gasteiger partial charge is 0.136 e. The Hall–Kier alpha value is -1.77. The number of rotatable bonds is 3. The van der Waals surface area contributed by atoms with Crippen molar-refractivity contribution in [3.63, 3.8) is 0 Å². The molecular formula is C17H15ClO2. The van der Waals surface area contributed by atoms with Gasteiger partial charge in [-0.15, -0.1) is 0 Å². The van der Waals surface area contributed by atoms with Gasteiger partial charge in [0, 0.05) is 16.8 Å². The minimum absolute atomic E-state index is 0.476. The van der Waals surface area contributed by atoms with Crippen molar-refractivity contribution in [3.8, 4) is 0 Å². The number of fused-ring (bicyclic) bond motifs is 1. The molecule has 0 fully saturated rings. The predicted octanol–water partition coefficient (Wildman–Crippen LogP) is 4.54. The highest BCUT2D eigenvalue weighted by molar-refractivity contribution is 6.30. The van der Waals surface area contributed by atoms with Crippen molar-refractivity contribution in [2.24, 2.45) is 0 Å². The normalized spacial score (nSPS) is 14.3. The number of hydrogen-bond donors (Lipinski definition) is 1. The summed E-state index contributed by atoms with van der Waals surface area (Å²) in [5, 5.41) is 12.4. The van der Waals surface area contributed by atoms with Gasteiger partial charge in [-0.1, -0.05) is 41.9 Å². The van der Waals surface area contributed by atoms with E-state index in [0.29, 0.717) is 17.2 Å². The SMILES string of the molecule is CC(O)(Cc1ccc(Cl)cc1)c1cc2ccccc2o1. The summed E-state index contributed by atoms with van der Waals surface area (Å²) in [6.07, 6.45) is 0.476. The van der Waals surface area contributed by atoms with Crippen LogP contribution < -0.4 is 0 Å². The van der Waals surface area contributed by atoms with Crippen LogP contribution in [-0.4, -0.2) is 5.11 Å². The van der Waals surface area contributed by atoms with Gasteiger partial charge in [0.15, 0.2) is 0 Å². The third-order valence-corrected chi connectivity index (χ3v) is 3.67. The number of para-hydroxylation sites is 1. The van der Waals surface area contributed by atoms with Gasteiger partial charge in [0.1, 0.15) is 16.9 Å². The lowest BCUT2D eigenvalue weighted by molar-refractivity contribution is 0.0360. The number of halogens is 1. The molecule has 0 aliphatic heterocycles. The third kappa shape index (κ3) is 2.58. The van der Waals surface area contributed by atoms with Gasteiger partial charge in [-0.25, -0.2) is 0 Å². The highest BCUT2D eigenvalue weighted by Crippen LogP contribution is 2.30. The van der Waals surface area contributed by atoms with Crippen LogP contribution in [0.4, 0.5) is 0 Å². The average Bonchev–Trinajstić information content (AvgIpc) is 2.86. The highest BCUT2D eigenvalue weighted by atomic mass is 35.5. The fraction of sp³-hybridized carbons (Fsp3) is 0.176. The van der Waals surface area contributed by atoms with Gasteiger partial charge in [-0.2, -0.15) is 0 Å². The van der Waals surface area contributed by atoms with E-state index in [0.717, 1.165) is 16.5 Å². The summed E-state index contributed by atoms with van der Waals surface area (Å²) in [5.41, 5.74) is 0.756. The maximum Gasteiger partial charge on any atom is 0.136 e. The summed E-state index contributed by atoms with van der Waals surface area (Å²) in [4.78, 5) is 0. The van der Waals surface area contributed by atoms with Crippen molar-refractivity contribution in [2.45, 2.75) is 18.9 Å². The molecule has 2 nitrogen and oxygen atoms in total. The van der Waals surface area contributed by atoms with Gasteiger partial charge in [0.25, 0.3) is 0 Å². The number of aliphatic hydroxyl groups is 1. The summed E-state index contributed by atoms with van der Waals surface area (Å²) in [6, 6.07) is 17.1. The molecule has 0 spiro atoms. The monoisotopic (exact) mass is 286 g/mol. The zero-order valence-corrected chi connectivity index (χ0v) is 11.9. The summed E-state index contributed by atoms with van der Waals surface area (Å²) >= 11 is 5.87. The quantitative estimate of drug-likeness (QED) is 0.767. The van der Waals surface area contributed by atoms with Gasteiger partial charge in [-0.3, -0.25) is 0 Å². The molecule has 1 atom stereocenters. The molecule has 20 heavy (non-hydrogen) atoms. The van der Waals surface area contributed by atoms with Crippen LogP contribution in [0, 0.1) is 0 Å². The highest BCUT2D eigenvalue weighted by Gasteiger charge is 2.27. The molecule has 1 heterocycles. The maximum absolute atomic E-state index is 10.7. The molecule has 0 aliphatic carbocycles. The van der Waals surface area contributed by atoms with E-state index in [1.165, 1.54) is 0 Å². The molecule has 0 saturated carbocycles. The zero-order valence-electron chi connectivity index (χ0n) is 11.1. The van der Waals surface area contributed by atoms with Crippen molar-refractivity contribution in [1.82, 2.24) is 0 Å². The van der Waals surface area contributed by atoms with Crippen molar-refractivity contribution >= 4 is 22.6 Å². The molecule has 0 amide bonds. The predicted molar refractivity (Wildman–Crippen MR) is 80.9 cm³/mol. The maximum atomic E-state index is 10.7. The summed E-state index contributed by atoms with van der Waals surface area (Å²) < 4.78 is 5.75. The second kappa shape index (κ2) is 4.97. The fourth-order valence-corrected chi connectivity index (χ4v) is 2.46. The number of hydrogen-bond acceptors (Lipinski definition) is 2. The van der Waals surface area contributed by atoms with E-state index < -0.39 is 5.60 Å². The lowest BCUT2D eigenvalue weighted by atomic mass is 9.94. The Balaban J connectivity index is 1.92. The largest absolute Gasteiger partial charge is 0.458 e. The van der Waals surface area contributed by atoms with E-state index >= 15 is 0 Å². The molecule has 0 radical (unpaired) electrons. The number of furan rings is 1. The van der Waals surface area contributed by atoms with Crippen molar-refractivity contribution in [2.75, 3.05) is 0 Å². The number of benzene rings is 2. The van der Waals surface area contributed by atoms with Crippen LogP contribution in [0.25, 0.3) is 11.0 Å². The molecular weight excluding hydrogens is 272 g/mol. The second-order valence-electron chi connectivity index (χ2n) is 5.23. The van der Waals surface area contributed by atoms with Gasteiger partial charge < -0.3 is 9.52 Å². The van der Waals surface area contributed by atoms with Gasteiger partial charge >= 0.3 is 0 Å². The molecule has 2 aromatic carbocycles. The first-order valence-electron chi connectivity index (χ1n) is 6.50. The minimum atomic E-state index is -1.05.